The second-order valence-corrected chi connectivity index (χ2v) is 12.7. The molecule has 29 heavy (non-hydrogen) atoms. The van der Waals surface area contributed by atoms with E-state index in [-0.39, 0.29) is 0 Å². The van der Waals surface area contributed by atoms with Gasteiger partial charge in [-0.1, -0.05) is 60.8 Å². The zero-order valence-corrected chi connectivity index (χ0v) is 20.1. The molecule has 0 spiro atoms. The van der Waals surface area contributed by atoms with Crippen LogP contribution in [0.25, 0.3) is 0 Å². The number of piperidine rings is 1. The third-order valence-electron chi connectivity index (χ3n) is 10.7. The van der Waals surface area contributed by atoms with Crippen LogP contribution in [0, 0.1) is 52.3 Å². The zero-order chi connectivity index (χ0) is 21.0. The third kappa shape index (κ3) is 3.59. The monoisotopic (exact) mass is 401 g/mol. The van der Waals surface area contributed by atoms with E-state index in [2.05, 4.69) is 46.9 Å². The van der Waals surface area contributed by atoms with Crippen LogP contribution in [-0.2, 0) is 4.79 Å². The molecule has 4 fully saturated rings. The highest BCUT2D eigenvalue weighted by Gasteiger charge is 2.62. The molecule has 1 amide bonds. The average molecular weight is 402 g/mol. The van der Waals surface area contributed by atoms with Crippen molar-refractivity contribution in [1.82, 2.24) is 5.32 Å². The molecule has 4 unspecified atom stereocenters. The van der Waals surface area contributed by atoms with Gasteiger partial charge >= 0.3 is 0 Å². The Morgan fingerprint density at radius 3 is 2.45 bits per heavy atom. The molecule has 2 heteroatoms. The molecular weight excluding hydrogens is 354 g/mol. The normalized spacial score (nSPS) is 47.9. The SMILES string of the molecule is CC(C)CCCC(C)[C@H]1CCC2C3C(CC[C@@]21C)[C@@]1(C)CCC(=O)N[C@@H]1C[C@@H]3C. The Labute approximate surface area is 180 Å². The first-order valence-corrected chi connectivity index (χ1v) is 13.0. The molecule has 1 heterocycles. The topological polar surface area (TPSA) is 29.1 Å². The van der Waals surface area contributed by atoms with Crippen molar-refractivity contribution < 1.29 is 4.79 Å². The highest BCUT2D eigenvalue weighted by atomic mass is 16.1. The Kier molecular flexibility index (Phi) is 5.88. The molecule has 4 aliphatic rings. The van der Waals surface area contributed by atoms with Crippen molar-refractivity contribution in [2.75, 3.05) is 0 Å². The summed E-state index contributed by atoms with van der Waals surface area (Å²) in [6, 6.07) is 0.427. The van der Waals surface area contributed by atoms with Gasteiger partial charge in [-0.2, -0.15) is 0 Å². The molecule has 166 valence electrons. The molecule has 0 bridgehead atoms. The number of amides is 1. The summed E-state index contributed by atoms with van der Waals surface area (Å²) in [6.45, 7) is 15.0. The maximum atomic E-state index is 12.1. The molecule has 9 atom stereocenters. The summed E-state index contributed by atoms with van der Waals surface area (Å²) in [5.41, 5.74) is 0.904. The standard InChI is InChI=1S/C27H47NO/c1-17(2)8-7-9-18(3)20-10-11-21-25-19(4)16-23-27(6,15-13-24(29)28-23)22(25)12-14-26(20,21)5/h17-23,25H,7-16H2,1-6H3,(H,28,29)/t18?,19-,20+,21?,22?,23+,25?,26+,27+/m0/s1. The average Bonchev–Trinajstić information content (AvgIpc) is 3.00. The van der Waals surface area contributed by atoms with Gasteiger partial charge in [0.05, 0.1) is 0 Å². The number of carbonyl (C=O) groups excluding carboxylic acids is 1. The Morgan fingerprint density at radius 2 is 1.72 bits per heavy atom. The first kappa shape index (κ1) is 21.7. The third-order valence-corrected chi connectivity index (χ3v) is 10.7. The summed E-state index contributed by atoms with van der Waals surface area (Å²) in [6.07, 6.45) is 13.1. The zero-order valence-electron chi connectivity index (χ0n) is 20.1. The lowest BCUT2D eigenvalue weighted by Gasteiger charge is -2.62. The summed E-state index contributed by atoms with van der Waals surface area (Å²) in [5, 5.41) is 3.41. The van der Waals surface area contributed by atoms with E-state index in [1.54, 1.807) is 0 Å². The maximum absolute atomic E-state index is 12.1. The van der Waals surface area contributed by atoms with Gasteiger partial charge in [0.15, 0.2) is 0 Å². The molecule has 1 saturated heterocycles. The lowest BCUT2D eigenvalue weighted by atomic mass is 9.44. The summed E-state index contributed by atoms with van der Waals surface area (Å²) in [4.78, 5) is 12.1. The Balaban J connectivity index is 1.51. The van der Waals surface area contributed by atoms with Gasteiger partial charge in [0.2, 0.25) is 5.91 Å². The van der Waals surface area contributed by atoms with Crippen molar-refractivity contribution >= 4 is 5.91 Å². The molecule has 0 aromatic heterocycles. The minimum absolute atomic E-state index is 0.301. The van der Waals surface area contributed by atoms with Gasteiger partial charge in [0.25, 0.3) is 0 Å². The number of rotatable bonds is 5. The molecule has 0 radical (unpaired) electrons. The molecule has 3 saturated carbocycles. The van der Waals surface area contributed by atoms with Gasteiger partial charge in [0.1, 0.15) is 0 Å². The van der Waals surface area contributed by atoms with Gasteiger partial charge in [-0.25, -0.2) is 0 Å². The molecule has 1 N–H and O–H groups in total. The lowest BCUT2D eigenvalue weighted by molar-refractivity contribution is -0.144. The predicted octanol–water partition coefficient (Wildman–Crippen LogP) is 6.83. The van der Waals surface area contributed by atoms with Crippen molar-refractivity contribution in [3.8, 4) is 0 Å². The molecule has 0 aromatic rings. The Hall–Kier alpha value is -0.530. The van der Waals surface area contributed by atoms with Crippen LogP contribution in [0.2, 0.25) is 0 Å². The van der Waals surface area contributed by atoms with E-state index < -0.39 is 0 Å². The molecule has 3 aliphatic carbocycles. The van der Waals surface area contributed by atoms with Crippen LogP contribution >= 0.6 is 0 Å². The van der Waals surface area contributed by atoms with Crippen LogP contribution in [0.1, 0.15) is 106 Å². The Bertz CT molecular complexity index is 614. The van der Waals surface area contributed by atoms with Gasteiger partial charge in [0, 0.05) is 12.5 Å². The number of carbonyl (C=O) groups is 1. The fraction of sp³-hybridized carbons (Fsp3) is 0.963. The van der Waals surface area contributed by atoms with Crippen LogP contribution in [0.4, 0.5) is 0 Å². The van der Waals surface area contributed by atoms with E-state index >= 15 is 0 Å². The fourth-order valence-corrected chi connectivity index (χ4v) is 9.07. The van der Waals surface area contributed by atoms with E-state index in [1.807, 2.05) is 0 Å². The van der Waals surface area contributed by atoms with E-state index in [4.69, 9.17) is 0 Å². The van der Waals surface area contributed by atoms with Crippen molar-refractivity contribution in [3.63, 3.8) is 0 Å². The molecule has 4 rings (SSSR count). The van der Waals surface area contributed by atoms with E-state index in [1.165, 1.54) is 51.4 Å². The van der Waals surface area contributed by atoms with Crippen LogP contribution in [-0.4, -0.2) is 11.9 Å². The molecular formula is C27H47NO. The van der Waals surface area contributed by atoms with E-state index in [0.29, 0.717) is 22.8 Å². The van der Waals surface area contributed by atoms with Crippen LogP contribution < -0.4 is 5.32 Å². The van der Waals surface area contributed by atoms with E-state index in [9.17, 15) is 4.79 Å². The van der Waals surface area contributed by atoms with Gasteiger partial charge in [-0.15, -0.1) is 0 Å². The summed E-state index contributed by atoms with van der Waals surface area (Å²) < 4.78 is 0. The highest BCUT2D eigenvalue weighted by Crippen LogP contribution is 2.67. The van der Waals surface area contributed by atoms with Crippen LogP contribution in [0.5, 0.6) is 0 Å². The largest absolute Gasteiger partial charge is 0.353 e. The van der Waals surface area contributed by atoms with E-state index in [0.717, 1.165) is 54.3 Å². The maximum Gasteiger partial charge on any atom is 0.220 e. The lowest BCUT2D eigenvalue weighted by Crippen LogP contribution is -2.63. The Morgan fingerprint density at radius 1 is 1.00 bits per heavy atom. The van der Waals surface area contributed by atoms with Gasteiger partial charge < -0.3 is 5.32 Å². The smallest absolute Gasteiger partial charge is 0.220 e. The quantitative estimate of drug-likeness (QED) is 0.537. The summed E-state index contributed by atoms with van der Waals surface area (Å²) >= 11 is 0. The van der Waals surface area contributed by atoms with Crippen molar-refractivity contribution in [1.29, 1.82) is 0 Å². The minimum Gasteiger partial charge on any atom is -0.353 e. The molecule has 2 nitrogen and oxygen atoms in total. The number of nitrogens with one attached hydrogen (secondary N) is 1. The first-order chi connectivity index (χ1) is 13.7. The second-order valence-electron chi connectivity index (χ2n) is 12.7. The first-order valence-electron chi connectivity index (χ1n) is 13.0. The number of hydrogen-bond donors (Lipinski definition) is 1. The fourth-order valence-electron chi connectivity index (χ4n) is 9.07. The second kappa shape index (κ2) is 7.86. The van der Waals surface area contributed by atoms with Crippen molar-refractivity contribution in [2.45, 2.75) is 112 Å². The molecule has 0 aromatic carbocycles. The molecule has 1 aliphatic heterocycles. The van der Waals surface area contributed by atoms with Gasteiger partial charge in [-0.05, 0) is 90.8 Å². The number of hydrogen-bond acceptors (Lipinski definition) is 1. The highest BCUT2D eigenvalue weighted by molar-refractivity contribution is 5.77. The predicted molar refractivity (Wildman–Crippen MR) is 121 cm³/mol. The van der Waals surface area contributed by atoms with Gasteiger partial charge in [-0.3, -0.25) is 4.79 Å². The minimum atomic E-state index is 0.301. The van der Waals surface area contributed by atoms with Crippen LogP contribution in [0.3, 0.4) is 0 Å². The summed E-state index contributed by atoms with van der Waals surface area (Å²) in [5.74, 6) is 6.36. The van der Waals surface area contributed by atoms with Crippen LogP contribution in [0.15, 0.2) is 0 Å². The number of fused-ring (bicyclic) bond motifs is 5. The van der Waals surface area contributed by atoms with Crippen molar-refractivity contribution in [3.05, 3.63) is 0 Å². The van der Waals surface area contributed by atoms with Crippen molar-refractivity contribution in [2.24, 2.45) is 52.3 Å². The summed E-state index contributed by atoms with van der Waals surface area (Å²) in [7, 11) is 0.